The molecule has 0 aliphatic carbocycles. The van der Waals surface area contributed by atoms with E-state index < -0.39 is 16.1 Å². The van der Waals surface area contributed by atoms with Crippen molar-refractivity contribution in [3.8, 4) is 0 Å². The number of hydrogen-bond acceptors (Lipinski definition) is 6. The minimum absolute atomic E-state index is 0.0148. The van der Waals surface area contributed by atoms with Gasteiger partial charge < -0.3 is 15.4 Å². The third-order valence-electron chi connectivity index (χ3n) is 4.75. The van der Waals surface area contributed by atoms with Gasteiger partial charge in [0, 0.05) is 37.7 Å². The standard InChI is InChI=1S/C20H27N5O5S/c1-15-12-25(13-16(2)30-15)31(28,29)10-8-21-19(26)23-18-6-3-5-17(11-18)14-24-9-4-7-22-20(24)27/h3-7,9,11,15-16H,8,10,12-14H2,1-2H3,(H2,21,23,26)/t15-,16+. The summed E-state index contributed by atoms with van der Waals surface area (Å²) >= 11 is 0. The van der Waals surface area contributed by atoms with E-state index in [1.807, 2.05) is 19.9 Å². The minimum Gasteiger partial charge on any atom is -0.373 e. The van der Waals surface area contributed by atoms with Crippen LogP contribution < -0.4 is 16.3 Å². The lowest BCUT2D eigenvalue weighted by molar-refractivity contribution is -0.0440. The van der Waals surface area contributed by atoms with Crippen LogP contribution >= 0.6 is 0 Å². The molecule has 2 N–H and O–H groups in total. The Kier molecular flexibility index (Phi) is 7.42. The van der Waals surface area contributed by atoms with Crippen molar-refractivity contribution in [1.82, 2.24) is 19.2 Å². The molecule has 3 rings (SSSR count). The Hall–Kier alpha value is -2.76. The molecule has 10 nitrogen and oxygen atoms in total. The van der Waals surface area contributed by atoms with Crippen LogP contribution in [0.2, 0.25) is 0 Å². The summed E-state index contributed by atoms with van der Waals surface area (Å²) in [5.74, 6) is -0.191. The molecule has 0 bridgehead atoms. The van der Waals surface area contributed by atoms with E-state index >= 15 is 0 Å². The first-order chi connectivity index (χ1) is 14.7. The van der Waals surface area contributed by atoms with Crippen molar-refractivity contribution in [2.75, 3.05) is 30.7 Å². The van der Waals surface area contributed by atoms with Gasteiger partial charge in [-0.3, -0.25) is 4.57 Å². The van der Waals surface area contributed by atoms with Crippen molar-refractivity contribution in [2.45, 2.75) is 32.6 Å². The molecule has 2 atom stereocenters. The van der Waals surface area contributed by atoms with Crippen molar-refractivity contribution in [1.29, 1.82) is 0 Å². The second-order valence-corrected chi connectivity index (χ2v) is 9.59. The highest BCUT2D eigenvalue weighted by Crippen LogP contribution is 2.15. The van der Waals surface area contributed by atoms with Crippen LogP contribution in [-0.2, 0) is 21.3 Å². The molecule has 0 unspecified atom stereocenters. The van der Waals surface area contributed by atoms with Gasteiger partial charge in [-0.25, -0.2) is 23.0 Å². The lowest BCUT2D eigenvalue weighted by Gasteiger charge is -2.34. The number of aromatic nitrogens is 2. The topological polar surface area (TPSA) is 123 Å². The molecule has 2 aromatic rings. The van der Waals surface area contributed by atoms with E-state index in [1.165, 1.54) is 15.1 Å². The molecule has 0 spiro atoms. The number of carbonyl (C=O) groups is 1. The van der Waals surface area contributed by atoms with Gasteiger partial charge in [-0.05, 0) is 37.6 Å². The van der Waals surface area contributed by atoms with Crippen LogP contribution in [0.3, 0.4) is 0 Å². The van der Waals surface area contributed by atoms with Crippen LogP contribution in [0.25, 0.3) is 0 Å². The van der Waals surface area contributed by atoms with Gasteiger partial charge in [0.2, 0.25) is 10.0 Å². The Morgan fingerprint density at radius 2 is 1.97 bits per heavy atom. The first-order valence-electron chi connectivity index (χ1n) is 10.0. The Bertz CT molecular complexity index is 1060. The maximum atomic E-state index is 12.5. The lowest BCUT2D eigenvalue weighted by atomic mass is 10.2. The van der Waals surface area contributed by atoms with Gasteiger partial charge >= 0.3 is 11.7 Å². The van der Waals surface area contributed by atoms with E-state index in [2.05, 4.69) is 15.6 Å². The predicted molar refractivity (Wildman–Crippen MR) is 116 cm³/mol. The number of amides is 2. The average molecular weight is 450 g/mol. The smallest absolute Gasteiger partial charge is 0.347 e. The zero-order valence-corrected chi connectivity index (χ0v) is 18.3. The van der Waals surface area contributed by atoms with Gasteiger partial charge in [-0.2, -0.15) is 4.31 Å². The molecule has 1 aliphatic heterocycles. The summed E-state index contributed by atoms with van der Waals surface area (Å²) in [6, 6.07) is 8.21. The molecule has 1 aromatic carbocycles. The van der Waals surface area contributed by atoms with Crippen LogP contribution in [0.4, 0.5) is 10.5 Å². The number of nitrogens with zero attached hydrogens (tertiary/aromatic N) is 3. The molecular formula is C20H27N5O5S. The van der Waals surface area contributed by atoms with Gasteiger partial charge in [0.15, 0.2) is 0 Å². The van der Waals surface area contributed by atoms with Gasteiger partial charge in [0.05, 0.1) is 24.5 Å². The quantitative estimate of drug-likeness (QED) is 0.646. The lowest BCUT2D eigenvalue weighted by Crippen LogP contribution is -2.49. The number of anilines is 1. The summed E-state index contributed by atoms with van der Waals surface area (Å²) in [6.07, 6.45) is 2.74. The first-order valence-corrected chi connectivity index (χ1v) is 11.6. The van der Waals surface area contributed by atoms with Gasteiger partial charge in [0.1, 0.15) is 0 Å². The molecular weight excluding hydrogens is 422 g/mol. The number of hydrogen-bond donors (Lipinski definition) is 2. The Labute approximate surface area is 181 Å². The fraction of sp³-hybridized carbons (Fsp3) is 0.450. The van der Waals surface area contributed by atoms with Crippen molar-refractivity contribution in [3.63, 3.8) is 0 Å². The molecule has 1 aromatic heterocycles. The molecule has 2 heterocycles. The third kappa shape index (κ3) is 6.61. The second-order valence-electron chi connectivity index (χ2n) is 7.50. The largest absolute Gasteiger partial charge is 0.373 e. The van der Waals surface area contributed by atoms with Gasteiger partial charge in [-0.1, -0.05) is 12.1 Å². The number of ether oxygens (including phenoxy) is 1. The zero-order valence-electron chi connectivity index (χ0n) is 17.5. The second kappa shape index (κ2) is 10.0. The van der Waals surface area contributed by atoms with Crippen LogP contribution in [0.1, 0.15) is 19.4 Å². The molecule has 11 heteroatoms. The number of benzene rings is 1. The van der Waals surface area contributed by atoms with Crippen LogP contribution in [0.5, 0.6) is 0 Å². The molecule has 1 saturated heterocycles. The molecule has 0 saturated carbocycles. The number of urea groups is 1. The highest BCUT2D eigenvalue weighted by Gasteiger charge is 2.30. The zero-order chi connectivity index (χ0) is 22.4. The molecule has 2 amide bonds. The normalized spacial score (nSPS) is 19.7. The molecule has 0 radical (unpaired) electrons. The summed E-state index contributed by atoms with van der Waals surface area (Å²) in [7, 11) is -3.49. The minimum atomic E-state index is -3.49. The average Bonchev–Trinajstić information content (AvgIpc) is 2.69. The summed E-state index contributed by atoms with van der Waals surface area (Å²) in [5.41, 5.74) is 0.987. The SMILES string of the molecule is C[C@@H]1CN(S(=O)(=O)CCNC(=O)Nc2cccc(Cn3cccnc3=O)c2)C[C@H](C)O1. The van der Waals surface area contributed by atoms with Crippen LogP contribution in [0, 0.1) is 0 Å². The van der Waals surface area contributed by atoms with Crippen LogP contribution in [-0.4, -0.2) is 65.9 Å². The van der Waals surface area contributed by atoms with Crippen molar-refractivity contribution >= 4 is 21.7 Å². The highest BCUT2D eigenvalue weighted by atomic mass is 32.2. The molecule has 1 aliphatic rings. The Morgan fingerprint density at radius 1 is 1.23 bits per heavy atom. The van der Waals surface area contributed by atoms with E-state index in [1.54, 1.807) is 30.5 Å². The predicted octanol–water partition coefficient (Wildman–Crippen LogP) is 0.852. The van der Waals surface area contributed by atoms with E-state index in [0.29, 0.717) is 25.3 Å². The number of rotatable bonds is 7. The number of carbonyl (C=O) groups excluding carboxylic acids is 1. The van der Waals surface area contributed by atoms with E-state index in [9.17, 15) is 18.0 Å². The van der Waals surface area contributed by atoms with Gasteiger partial charge in [0.25, 0.3) is 0 Å². The molecule has 168 valence electrons. The van der Waals surface area contributed by atoms with Crippen LogP contribution in [0.15, 0.2) is 47.5 Å². The fourth-order valence-corrected chi connectivity index (χ4v) is 4.90. The molecule has 31 heavy (non-hydrogen) atoms. The maximum Gasteiger partial charge on any atom is 0.347 e. The summed E-state index contributed by atoms with van der Waals surface area (Å²) in [5, 5.41) is 5.26. The van der Waals surface area contributed by atoms with Crippen molar-refractivity contribution < 1.29 is 17.9 Å². The number of sulfonamides is 1. The summed E-state index contributed by atoms with van der Waals surface area (Å²) in [6.45, 7) is 4.60. The molecule has 1 fully saturated rings. The third-order valence-corrected chi connectivity index (χ3v) is 6.55. The van der Waals surface area contributed by atoms with Crippen molar-refractivity contribution in [2.24, 2.45) is 0 Å². The number of morpholine rings is 1. The highest BCUT2D eigenvalue weighted by molar-refractivity contribution is 7.89. The maximum absolute atomic E-state index is 12.5. The van der Waals surface area contributed by atoms with E-state index in [4.69, 9.17) is 4.74 Å². The van der Waals surface area contributed by atoms with Gasteiger partial charge in [-0.15, -0.1) is 0 Å². The Balaban J connectivity index is 1.51. The number of nitrogens with one attached hydrogen (secondary N) is 2. The van der Waals surface area contributed by atoms with E-state index in [-0.39, 0.29) is 30.2 Å². The van der Waals surface area contributed by atoms with E-state index in [0.717, 1.165) is 5.56 Å². The van der Waals surface area contributed by atoms with Crippen molar-refractivity contribution in [3.05, 3.63) is 58.8 Å². The first kappa shape index (κ1) is 22.9. The summed E-state index contributed by atoms with van der Waals surface area (Å²) < 4.78 is 33.5. The monoisotopic (exact) mass is 449 g/mol. The Morgan fingerprint density at radius 3 is 2.68 bits per heavy atom. The summed E-state index contributed by atoms with van der Waals surface area (Å²) in [4.78, 5) is 27.6. The fourth-order valence-electron chi connectivity index (χ4n) is 3.41.